The van der Waals surface area contributed by atoms with Crippen molar-refractivity contribution >= 4 is 18.5 Å². The fourth-order valence-corrected chi connectivity index (χ4v) is 3.81. The van der Waals surface area contributed by atoms with Gasteiger partial charge in [-0.25, -0.2) is 4.79 Å². The van der Waals surface area contributed by atoms with Gasteiger partial charge in [0.15, 0.2) is 0 Å². The summed E-state index contributed by atoms with van der Waals surface area (Å²) in [6.45, 7) is 6.60. The van der Waals surface area contributed by atoms with Crippen molar-refractivity contribution in [2.75, 3.05) is 20.3 Å². The fraction of sp³-hybridized carbons (Fsp3) is 0.303. The van der Waals surface area contributed by atoms with Gasteiger partial charge in [-0.15, -0.1) is 0 Å². The van der Waals surface area contributed by atoms with Crippen molar-refractivity contribution < 1.29 is 23.8 Å². The van der Waals surface area contributed by atoms with E-state index in [1.165, 1.54) is 17.9 Å². The first-order chi connectivity index (χ1) is 19.0. The van der Waals surface area contributed by atoms with Gasteiger partial charge >= 0.3 is 5.97 Å². The number of carbonyl (C=O) groups is 2. The van der Waals surface area contributed by atoms with Crippen molar-refractivity contribution in [3.63, 3.8) is 0 Å². The Balaban J connectivity index is 0.000000274. The zero-order chi connectivity index (χ0) is 28.3. The van der Waals surface area contributed by atoms with E-state index in [1.54, 1.807) is 31.4 Å². The Labute approximate surface area is 232 Å². The quantitative estimate of drug-likeness (QED) is 0.0725. The van der Waals surface area contributed by atoms with Gasteiger partial charge in [-0.2, -0.15) is 0 Å². The number of nitrogens with one attached hydrogen (secondary N) is 1. The number of benzene rings is 3. The lowest BCUT2D eigenvalue weighted by atomic mass is 9.98. The zero-order valence-corrected chi connectivity index (χ0v) is 23.0. The van der Waals surface area contributed by atoms with Crippen molar-refractivity contribution in [3.05, 3.63) is 96.1 Å². The van der Waals surface area contributed by atoms with Gasteiger partial charge in [0.25, 0.3) is 0 Å². The highest BCUT2D eigenvalue weighted by Crippen LogP contribution is 2.27. The predicted octanol–water partition coefficient (Wildman–Crippen LogP) is 7.48. The molecule has 0 aliphatic carbocycles. The first kappa shape index (κ1) is 31.0. The van der Waals surface area contributed by atoms with Gasteiger partial charge in [0.1, 0.15) is 17.8 Å². The highest BCUT2D eigenvalue weighted by molar-refractivity contribution is 5.89. The van der Waals surface area contributed by atoms with E-state index in [1.807, 2.05) is 18.2 Å². The maximum Gasteiger partial charge on any atom is 0.330 e. The van der Waals surface area contributed by atoms with Crippen LogP contribution in [0.5, 0.6) is 11.5 Å². The average Bonchev–Trinajstić information content (AvgIpc) is 2.99. The molecular weight excluding hydrogens is 490 g/mol. The van der Waals surface area contributed by atoms with Crippen LogP contribution in [0.4, 0.5) is 0 Å². The number of ether oxygens (including phenoxy) is 3. The molecule has 206 valence electrons. The number of carbonyl (C=O) groups excluding carboxylic acids is 2. The summed E-state index contributed by atoms with van der Waals surface area (Å²) in [4.78, 5) is 21.3. The Morgan fingerprint density at radius 3 is 2.15 bits per heavy atom. The number of hydrogen-bond acceptors (Lipinski definition) is 6. The molecule has 39 heavy (non-hydrogen) atoms. The molecule has 6 heteroatoms. The molecule has 0 aliphatic heterocycles. The average molecular weight is 530 g/mol. The normalized spacial score (nSPS) is 10.0. The molecule has 0 fully saturated rings. The highest BCUT2D eigenvalue weighted by Gasteiger charge is 2.05. The van der Waals surface area contributed by atoms with Crippen molar-refractivity contribution in [3.8, 4) is 22.6 Å². The van der Waals surface area contributed by atoms with Gasteiger partial charge in [0.2, 0.25) is 0 Å². The molecule has 0 unspecified atom stereocenters. The van der Waals surface area contributed by atoms with Crippen molar-refractivity contribution in [2.24, 2.45) is 0 Å². The summed E-state index contributed by atoms with van der Waals surface area (Å²) in [6, 6.07) is 21.5. The van der Waals surface area contributed by atoms with Gasteiger partial charge in [0.05, 0.1) is 20.3 Å². The maximum atomic E-state index is 10.8. The lowest BCUT2D eigenvalue weighted by molar-refractivity contribution is -0.137. The SMILES string of the molecule is C=CC(=O)OCCCCCCOc1ccc(C=O)cc1.CCCc1ccc(-c2ccc(OC)cc2C=N)cc1. The van der Waals surface area contributed by atoms with Crippen LogP contribution in [0.1, 0.15) is 60.5 Å². The van der Waals surface area contributed by atoms with Gasteiger partial charge < -0.3 is 19.6 Å². The molecule has 0 saturated heterocycles. The summed E-state index contributed by atoms with van der Waals surface area (Å²) in [7, 11) is 1.64. The minimum atomic E-state index is -0.368. The number of aryl methyl sites for hydroxylation is 1. The lowest BCUT2D eigenvalue weighted by Crippen LogP contribution is -2.02. The van der Waals surface area contributed by atoms with E-state index in [0.29, 0.717) is 18.8 Å². The first-order valence-corrected chi connectivity index (χ1v) is 13.3. The Kier molecular flexibility index (Phi) is 14.4. The maximum absolute atomic E-state index is 10.8. The van der Waals surface area contributed by atoms with Crippen LogP contribution in [0.2, 0.25) is 0 Å². The van der Waals surface area contributed by atoms with E-state index >= 15 is 0 Å². The number of methoxy groups -OCH3 is 1. The topological polar surface area (TPSA) is 85.7 Å². The van der Waals surface area contributed by atoms with E-state index in [0.717, 1.165) is 73.0 Å². The molecule has 0 bridgehead atoms. The molecule has 0 atom stereocenters. The predicted molar refractivity (Wildman–Crippen MR) is 157 cm³/mol. The number of unbranched alkanes of at least 4 members (excludes halogenated alkanes) is 3. The summed E-state index contributed by atoms with van der Waals surface area (Å²) < 4.78 is 15.6. The second kappa shape index (κ2) is 18.1. The van der Waals surface area contributed by atoms with E-state index in [4.69, 9.17) is 19.6 Å². The molecule has 0 heterocycles. The van der Waals surface area contributed by atoms with Gasteiger partial charge in [-0.1, -0.05) is 50.3 Å². The molecule has 0 radical (unpaired) electrons. The monoisotopic (exact) mass is 529 g/mol. The number of esters is 1. The van der Waals surface area contributed by atoms with E-state index in [9.17, 15) is 9.59 Å². The lowest BCUT2D eigenvalue weighted by Gasteiger charge is -2.09. The van der Waals surface area contributed by atoms with Crippen LogP contribution in [0.25, 0.3) is 11.1 Å². The van der Waals surface area contributed by atoms with Gasteiger partial charge in [0, 0.05) is 23.4 Å². The first-order valence-electron chi connectivity index (χ1n) is 13.3. The molecule has 0 amide bonds. The van der Waals surface area contributed by atoms with Crippen LogP contribution in [0.3, 0.4) is 0 Å². The van der Waals surface area contributed by atoms with Crippen LogP contribution in [0.15, 0.2) is 79.4 Å². The van der Waals surface area contributed by atoms with Crippen molar-refractivity contribution in [1.82, 2.24) is 0 Å². The smallest absolute Gasteiger partial charge is 0.330 e. The van der Waals surface area contributed by atoms with E-state index < -0.39 is 0 Å². The van der Waals surface area contributed by atoms with E-state index in [2.05, 4.69) is 37.8 Å². The summed E-state index contributed by atoms with van der Waals surface area (Å²) in [5.74, 6) is 1.19. The molecule has 0 aromatic heterocycles. The van der Waals surface area contributed by atoms with Crippen LogP contribution < -0.4 is 9.47 Å². The molecule has 3 rings (SSSR count). The van der Waals surface area contributed by atoms with Crippen molar-refractivity contribution in [1.29, 1.82) is 5.41 Å². The van der Waals surface area contributed by atoms with Crippen LogP contribution >= 0.6 is 0 Å². The third kappa shape index (κ3) is 11.4. The Bertz CT molecular complexity index is 1170. The minimum absolute atomic E-state index is 0.368. The number of rotatable bonds is 15. The zero-order valence-electron chi connectivity index (χ0n) is 23.0. The number of hydrogen-bond donors (Lipinski definition) is 1. The van der Waals surface area contributed by atoms with Crippen molar-refractivity contribution in [2.45, 2.75) is 45.4 Å². The highest BCUT2D eigenvalue weighted by atomic mass is 16.5. The summed E-state index contributed by atoms with van der Waals surface area (Å²) in [5, 5.41) is 7.53. The molecule has 3 aromatic rings. The third-order valence-corrected chi connectivity index (χ3v) is 5.95. The molecule has 1 N–H and O–H groups in total. The second-order valence-corrected chi connectivity index (χ2v) is 8.87. The van der Waals surface area contributed by atoms with E-state index in [-0.39, 0.29) is 5.97 Å². The molecule has 6 nitrogen and oxygen atoms in total. The number of aldehydes is 1. The van der Waals surface area contributed by atoms with Crippen LogP contribution in [-0.2, 0) is 16.0 Å². The third-order valence-electron chi connectivity index (χ3n) is 5.95. The molecule has 3 aromatic carbocycles. The van der Waals surface area contributed by atoms with Gasteiger partial charge in [-0.3, -0.25) is 4.79 Å². The summed E-state index contributed by atoms with van der Waals surface area (Å²) >= 11 is 0. The Hall–Kier alpha value is -4.19. The second-order valence-electron chi connectivity index (χ2n) is 8.87. The molecule has 0 spiro atoms. The Morgan fingerprint density at radius 2 is 1.56 bits per heavy atom. The van der Waals surface area contributed by atoms with Crippen LogP contribution in [0, 0.1) is 5.41 Å². The summed E-state index contributed by atoms with van der Waals surface area (Å²) in [5.41, 5.74) is 5.09. The fourth-order valence-electron chi connectivity index (χ4n) is 3.81. The Morgan fingerprint density at radius 1 is 0.897 bits per heavy atom. The molecule has 0 aliphatic rings. The van der Waals surface area contributed by atoms with Gasteiger partial charge in [-0.05, 0) is 85.2 Å². The summed E-state index contributed by atoms with van der Waals surface area (Å²) in [6.07, 6.45) is 9.45. The largest absolute Gasteiger partial charge is 0.497 e. The minimum Gasteiger partial charge on any atom is -0.497 e. The molecule has 0 saturated carbocycles. The standard InChI is InChI=1S/C17H19NO.C16H20O4/c1-3-4-13-5-7-14(8-6-13)17-10-9-16(19-2)11-15(17)12-18;1-2-16(18)20-12-6-4-3-5-11-19-15-9-7-14(13-17)8-10-15/h5-12,18H,3-4H2,1-2H3;2,7-10,13H,1,3-6,11-12H2. The van der Waals surface area contributed by atoms with Crippen LogP contribution in [-0.4, -0.2) is 38.8 Å². The molecular formula is C33H39NO5.